The molecule has 122 valence electrons. The smallest absolute Gasteiger partial charge is 0.289 e. The summed E-state index contributed by atoms with van der Waals surface area (Å²) >= 11 is 0. The lowest BCUT2D eigenvalue weighted by molar-refractivity contribution is -0.347. The summed E-state index contributed by atoms with van der Waals surface area (Å²) in [6, 6.07) is 0. The second-order valence-electron chi connectivity index (χ2n) is 7.49. The first-order valence-corrected chi connectivity index (χ1v) is 8.76. The molecule has 3 saturated carbocycles. The molecule has 2 unspecified atom stereocenters. The zero-order chi connectivity index (χ0) is 14.9. The number of ether oxygens (including phenoxy) is 1. The second-order valence-corrected chi connectivity index (χ2v) is 7.49. The van der Waals surface area contributed by atoms with Crippen molar-refractivity contribution in [2.75, 3.05) is 0 Å². The van der Waals surface area contributed by atoms with Crippen LogP contribution in [-0.2, 0) is 4.74 Å². The van der Waals surface area contributed by atoms with E-state index < -0.39 is 12.5 Å². The highest BCUT2D eigenvalue weighted by Crippen LogP contribution is 2.48. The molecule has 0 amide bonds. The first-order valence-electron chi connectivity index (χ1n) is 8.76. The third-order valence-corrected chi connectivity index (χ3v) is 6.22. The molecule has 0 aromatic carbocycles. The highest BCUT2D eigenvalue weighted by molar-refractivity contribution is 4.89. The molecule has 3 aliphatic rings. The molecule has 3 rings (SSSR count). The number of rotatable bonds is 2. The molecule has 21 heavy (non-hydrogen) atoms. The van der Waals surface area contributed by atoms with Gasteiger partial charge in [0.1, 0.15) is 0 Å². The average Bonchev–Trinajstić information content (AvgIpc) is 2.46. The topological polar surface area (TPSA) is 9.23 Å². The first-order chi connectivity index (χ1) is 10.0. The van der Waals surface area contributed by atoms with Crippen LogP contribution in [0.3, 0.4) is 0 Å². The van der Waals surface area contributed by atoms with Crippen molar-refractivity contribution in [1.82, 2.24) is 0 Å². The molecule has 4 heteroatoms. The predicted octanol–water partition coefficient (Wildman–Crippen LogP) is 5.69. The van der Waals surface area contributed by atoms with Crippen LogP contribution in [0.1, 0.15) is 70.6 Å². The molecule has 1 nitrogen and oxygen atoms in total. The van der Waals surface area contributed by atoms with E-state index in [1.165, 1.54) is 44.9 Å². The summed E-state index contributed by atoms with van der Waals surface area (Å²) < 4.78 is 41.3. The minimum atomic E-state index is -4.46. The van der Waals surface area contributed by atoms with E-state index in [1.54, 1.807) is 0 Å². The van der Waals surface area contributed by atoms with Crippen LogP contribution in [0, 0.1) is 23.7 Å². The summed E-state index contributed by atoms with van der Waals surface area (Å²) in [5.74, 6) is 2.90. The fraction of sp³-hybridized carbons (Fsp3) is 1.00. The van der Waals surface area contributed by atoms with Gasteiger partial charge in [-0.1, -0.05) is 32.1 Å². The highest BCUT2D eigenvalue weighted by Gasteiger charge is 2.41. The molecule has 0 aromatic rings. The van der Waals surface area contributed by atoms with Crippen LogP contribution >= 0.6 is 0 Å². The van der Waals surface area contributed by atoms with Crippen LogP contribution in [-0.4, -0.2) is 12.5 Å². The molecule has 0 aromatic heterocycles. The van der Waals surface area contributed by atoms with E-state index >= 15 is 0 Å². The first kappa shape index (κ1) is 15.6. The van der Waals surface area contributed by atoms with Gasteiger partial charge in [-0.05, 0) is 62.2 Å². The Labute approximate surface area is 125 Å². The van der Waals surface area contributed by atoms with Gasteiger partial charge < -0.3 is 0 Å². The Morgan fingerprint density at radius 3 is 1.86 bits per heavy atom. The van der Waals surface area contributed by atoms with E-state index in [2.05, 4.69) is 4.74 Å². The van der Waals surface area contributed by atoms with Gasteiger partial charge in [-0.2, -0.15) is 0 Å². The van der Waals surface area contributed by atoms with Crippen LogP contribution in [0.4, 0.5) is 13.2 Å². The maximum absolute atomic E-state index is 12.3. The monoisotopic (exact) mass is 304 g/mol. The largest absolute Gasteiger partial charge is 0.522 e. The van der Waals surface area contributed by atoms with Crippen molar-refractivity contribution in [2.45, 2.75) is 83.1 Å². The van der Waals surface area contributed by atoms with E-state index in [4.69, 9.17) is 0 Å². The molecular formula is C17H27F3O. The van der Waals surface area contributed by atoms with Crippen LogP contribution in [0.2, 0.25) is 0 Å². The number of fused-ring (bicyclic) bond motifs is 1. The Morgan fingerprint density at radius 2 is 1.19 bits per heavy atom. The van der Waals surface area contributed by atoms with Gasteiger partial charge in [0.15, 0.2) is 0 Å². The third kappa shape index (κ3) is 4.14. The van der Waals surface area contributed by atoms with Crippen molar-refractivity contribution in [2.24, 2.45) is 23.7 Å². The van der Waals surface area contributed by atoms with Gasteiger partial charge in [0.25, 0.3) is 0 Å². The van der Waals surface area contributed by atoms with Crippen molar-refractivity contribution in [1.29, 1.82) is 0 Å². The maximum Gasteiger partial charge on any atom is 0.522 e. The van der Waals surface area contributed by atoms with Gasteiger partial charge in [0.05, 0.1) is 6.10 Å². The third-order valence-electron chi connectivity index (χ3n) is 6.22. The van der Waals surface area contributed by atoms with Gasteiger partial charge in [-0.25, -0.2) is 0 Å². The zero-order valence-electron chi connectivity index (χ0n) is 12.7. The summed E-state index contributed by atoms with van der Waals surface area (Å²) in [5.41, 5.74) is 0. The van der Waals surface area contributed by atoms with E-state index in [9.17, 15) is 13.2 Å². The van der Waals surface area contributed by atoms with E-state index in [-0.39, 0.29) is 0 Å². The maximum atomic E-state index is 12.3. The molecule has 0 radical (unpaired) electrons. The van der Waals surface area contributed by atoms with Crippen molar-refractivity contribution in [3.63, 3.8) is 0 Å². The Bertz CT molecular complexity index is 335. The van der Waals surface area contributed by atoms with Gasteiger partial charge >= 0.3 is 6.36 Å². The summed E-state index contributed by atoms with van der Waals surface area (Å²) in [6.45, 7) is 0. The Kier molecular flexibility index (Phi) is 4.82. The lowest BCUT2D eigenvalue weighted by Gasteiger charge is -2.44. The fourth-order valence-electron chi connectivity index (χ4n) is 5.21. The van der Waals surface area contributed by atoms with Crippen LogP contribution < -0.4 is 0 Å². The highest BCUT2D eigenvalue weighted by atomic mass is 19.4. The molecule has 3 fully saturated rings. The molecular weight excluding hydrogens is 277 g/mol. The van der Waals surface area contributed by atoms with Crippen LogP contribution in [0.25, 0.3) is 0 Å². The summed E-state index contributed by atoms with van der Waals surface area (Å²) in [6.07, 6.45) is 7.70. The van der Waals surface area contributed by atoms with Gasteiger partial charge in [-0.15, -0.1) is 13.2 Å². The quantitative estimate of drug-likeness (QED) is 0.637. The number of hydrogen-bond acceptors (Lipinski definition) is 1. The van der Waals surface area contributed by atoms with Crippen molar-refractivity contribution in [3.8, 4) is 0 Å². The molecule has 4 atom stereocenters. The summed E-state index contributed by atoms with van der Waals surface area (Å²) in [4.78, 5) is 0. The lowest BCUT2D eigenvalue weighted by atomic mass is 9.62. The van der Waals surface area contributed by atoms with Gasteiger partial charge in [-0.3, -0.25) is 4.74 Å². The zero-order valence-corrected chi connectivity index (χ0v) is 12.7. The molecule has 3 aliphatic carbocycles. The van der Waals surface area contributed by atoms with Gasteiger partial charge in [0.2, 0.25) is 0 Å². The molecule has 0 saturated heterocycles. The molecule has 0 spiro atoms. The molecule has 0 bridgehead atoms. The SMILES string of the molecule is FC(F)(F)O[C@@H]1CC[C@@H]2CC(C3CCCCC3)CCC2C1. The molecule has 0 N–H and O–H groups in total. The van der Waals surface area contributed by atoms with Crippen molar-refractivity contribution < 1.29 is 17.9 Å². The molecule has 0 aliphatic heterocycles. The Morgan fingerprint density at radius 1 is 0.619 bits per heavy atom. The number of hydrogen-bond donors (Lipinski definition) is 0. The van der Waals surface area contributed by atoms with Gasteiger partial charge in [0, 0.05) is 0 Å². The van der Waals surface area contributed by atoms with E-state index in [0.29, 0.717) is 24.7 Å². The minimum Gasteiger partial charge on any atom is -0.289 e. The normalized spacial score (nSPS) is 39.0. The van der Waals surface area contributed by atoms with Crippen LogP contribution in [0.5, 0.6) is 0 Å². The fourth-order valence-corrected chi connectivity index (χ4v) is 5.21. The Balaban J connectivity index is 1.50. The minimum absolute atomic E-state index is 0.478. The van der Waals surface area contributed by atoms with Crippen molar-refractivity contribution >= 4 is 0 Å². The van der Waals surface area contributed by atoms with E-state index in [1.807, 2.05) is 0 Å². The van der Waals surface area contributed by atoms with Crippen molar-refractivity contribution in [3.05, 3.63) is 0 Å². The molecule has 0 heterocycles. The summed E-state index contributed by atoms with van der Waals surface area (Å²) in [7, 11) is 0. The van der Waals surface area contributed by atoms with Crippen LogP contribution in [0.15, 0.2) is 0 Å². The lowest BCUT2D eigenvalue weighted by Crippen LogP contribution is -2.38. The summed E-state index contributed by atoms with van der Waals surface area (Å²) in [5, 5.41) is 0. The predicted molar refractivity (Wildman–Crippen MR) is 75.7 cm³/mol. The average molecular weight is 304 g/mol. The number of alkyl halides is 3. The van der Waals surface area contributed by atoms with E-state index in [0.717, 1.165) is 24.7 Å². The standard InChI is InChI=1S/C17H27F3O/c18-17(19,20)21-16-9-8-14-10-13(6-7-15(14)11-16)12-4-2-1-3-5-12/h12-16H,1-11H2/t13?,14-,15?,16-/m1/s1. The number of halogens is 3. The Hall–Kier alpha value is -0.250. The second kappa shape index (κ2) is 6.47.